The molecule has 1 aliphatic heterocycles. The molecule has 2 aliphatic rings. The van der Waals surface area contributed by atoms with Gasteiger partial charge in [0.1, 0.15) is 5.75 Å². The van der Waals surface area contributed by atoms with Crippen LogP contribution in [0.4, 0.5) is 5.69 Å². The summed E-state index contributed by atoms with van der Waals surface area (Å²) in [6.45, 7) is 0. The largest absolute Gasteiger partial charge is 0.478 e. The summed E-state index contributed by atoms with van der Waals surface area (Å²) < 4.78 is 5.63. The maximum absolute atomic E-state index is 12.1. The van der Waals surface area contributed by atoms with E-state index in [1.54, 1.807) is 12.1 Å². The first-order valence-electron chi connectivity index (χ1n) is 7.58. The monoisotopic (exact) mass is 288 g/mol. The van der Waals surface area contributed by atoms with E-state index in [-0.39, 0.29) is 24.3 Å². The van der Waals surface area contributed by atoms with Crippen LogP contribution in [-0.2, 0) is 9.59 Å². The summed E-state index contributed by atoms with van der Waals surface area (Å²) in [5.41, 5.74) is 0.659. The predicted molar refractivity (Wildman–Crippen MR) is 79.1 cm³/mol. The Hall–Kier alpha value is -2.04. The molecular weight excluding hydrogens is 268 g/mol. The van der Waals surface area contributed by atoms with Crippen LogP contribution < -0.4 is 15.4 Å². The maximum atomic E-state index is 12.1. The molecule has 0 spiro atoms. The number of fused-ring (bicyclic) bond motifs is 1. The maximum Gasteiger partial charge on any atom is 0.266 e. The van der Waals surface area contributed by atoms with Crippen molar-refractivity contribution in [3.63, 3.8) is 0 Å². The molecule has 1 fully saturated rings. The molecular formula is C16H20N2O3. The van der Waals surface area contributed by atoms with E-state index in [1.807, 2.05) is 12.1 Å². The molecule has 0 bridgehead atoms. The van der Waals surface area contributed by atoms with Gasteiger partial charge in [-0.2, -0.15) is 0 Å². The second-order valence-electron chi connectivity index (χ2n) is 5.70. The lowest BCUT2D eigenvalue weighted by atomic mass is 9.95. The smallest absolute Gasteiger partial charge is 0.266 e. The van der Waals surface area contributed by atoms with Gasteiger partial charge in [-0.15, -0.1) is 0 Å². The van der Waals surface area contributed by atoms with Gasteiger partial charge < -0.3 is 15.4 Å². The molecule has 2 amide bonds. The van der Waals surface area contributed by atoms with Crippen LogP contribution in [0.5, 0.6) is 5.75 Å². The van der Waals surface area contributed by atoms with E-state index in [1.165, 1.54) is 19.3 Å². The highest BCUT2D eigenvalue weighted by Gasteiger charge is 2.30. The van der Waals surface area contributed by atoms with Gasteiger partial charge in [-0.1, -0.05) is 31.4 Å². The average molecular weight is 288 g/mol. The summed E-state index contributed by atoms with van der Waals surface area (Å²) in [5.74, 6) is 0.251. The van der Waals surface area contributed by atoms with Gasteiger partial charge in [-0.3, -0.25) is 9.59 Å². The van der Waals surface area contributed by atoms with E-state index < -0.39 is 6.10 Å². The summed E-state index contributed by atoms with van der Waals surface area (Å²) in [6.07, 6.45) is 4.97. The second kappa shape index (κ2) is 6.16. The molecule has 0 saturated heterocycles. The molecule has 21 heavy (non-hydrogen) atoms. The van der Waals surface area contributed by atoms with E-state index in [9.17, 15) is 9.59 Å². The van der Waals surface area contributed by atoms with Crippen molar-refractivity contribution in [3.05, 3.63) is 24.3 Å². The number of hydrogen-bond acceptors (Lipinski definition) is 3. The molecule has 1 atom stereocenters. The molecule has 1 heterocycles. The number of amides is 2. The molecule has 5 heteroatoms. The van der Waals surface area contributed by atoms with E-state index in [0.717, 1.165) is 12.8 Å². The fraction of sp³-hybridized carbons (Fsp3) is 0.500. The summed E-state index contributed by atoms with van der Waals surface area (Å²) in [4.78, 5) is 24.0. The Morgan fingerprint density at radius 2 is 2.00 bits per heavy atom. The van der Waals surface area contributed by atoms with Gasteiger partial charge in [0.25, 0.3) is 5.91 Å². The minimum Gasteiger partial charge on any atom is -0.478 e. The molecule has 1 aliphatic carbocycles. The molecule has 1 aromatic rings. The number of hydrogen-bond donors (Lipinski definition) is 2. The molecule has 0 unspecified atom stereocenters. The van der Waals surface area contributed by atoms with Gasteiger partial charge in [0, 0.05) is 6.04 Å². The number of para-hydroxylation sites is 2. The lowest BCUT2D eigenvalue weighted by Gasteiger charge is -2.27. The lowest BCUT2D eigenvalue weighted by Crippen LogP contribution is -2.43. The molecule has 112 valence electrons. The van der Waals surface area contributed by atoms with Gasteiger partial charge in [-0.25, -0.2) is 0 Å². The van der Waals surface area contributed by atoms with Crippen molar-refractivity contribution in [2.24, 2.45) is 0 Å². The number of carbonyl (C=O) groups is 2. The molecule has 0 radical (unpaired) electrons. The minimum atomic E-state index is -0.747. The van der Waals surface area contributed by atoms with E-state index in [2.05, 4.69) is 10.6 Å². The molecule has 1 saturated carbocycles. The standard InChI is InChI=1S/C16H20N2O3/c19-15(17-11-6-2-1-3-7-11)10-14-16(20)18-12-8-4-5-9-13(12)21-14/h4-5,8-9,11,14H,1-3,6-7,10H2,(H,17,19)(H,18,20)/t14-/m1/s1. The normalized spacial score (nSPS) is 21.9. The summed E-state index contributed by atoms with van der Waals surface area (Å²) in [7, 11) is 0. The Morgan fingerprint density at radius 1 is 1.24 bits per heavy atom. The highest BCUT2D eigenvalue weighted by atomic mass is 16.5. The van der Waals surface area contributed by atoms with Gasteiger partial charge in [0.05, 0.1) is 12.1 Å². The third kappa shape index (κ3) is 3.35. The zero-order chi connectivity index (χ0) is 14.7. The van der Waals surface area contributed by atoms with Crippen LogP contribution in [0, 0.1) is 0 Å². The highest BCUT2D eigenvalue weighted by molar-refractivity contribution is 5.99. The molecule has 0 aromatic heterocycles. The molecule has 1 aromatic carbocycles. The van der Waals surface area contributed by atoms with Crippen molar-refractivity contribution in [3.8, 4) is 5.75 Å². The topological polar surface area (TPSA) is 67.4 Å². The van der Waals surface area contributed by atoms with E-state index in [4.69, 9.17) is 4.74 Å². The number of carbonyl (C=O) groups excluding carboxylic acids is 2. The van der Waals surface area contributed by atoms with Crippen molar-refractivity contribution in [2.75, 3.05) is 5.32 Å². The van der Waals surface area contributed by atoms with Gasteiger partial charge in [0.15, 0.2) is 6.10 Å². The summed E-state index contributed by atoms with van der Waals surface area (Å²) in [5, 5.41) is 5.79. The van der Waals surface area contributed by atoms with E-state index >= 15 is 0 Å². The fourth-order valence-electron chi connectivity index (χ4n) is 2.93. The van der Waals surface area contributed by atoms with Crippen LogP contribution in [0.1, 0.15) is 38.5 Å². The van der Waals surface area contributed by atoms with Gasteiger partial charge in [-0.05, 0) is 25.0 Å². The highest BCUT2D eigenvalue weighted by Crippen LogP contribution is 2.29. The molecule has 3 rings (SSSR count). The third-order valence-electron chi connectivity index (χ3n) is 4.05. The minimum absolute atomic E-state index is 0.0661. The summed E-state index contributed by atoms with van der Waals surface area (Å²) in [6, 6.07) is 7.51. The number of ether oxygens (including phenoxy) is 1. The Kier molecular flexibility index (Phi) is 4.08. The first kappa shape index (κ1) is 13.9. The fourth-order valence-corrected chi connectivity index (χ4v) is 2.93. The SMILES string of the molecule is O=C(C[C@H]1Oc2ccccc2NC1=O)NC1CCCCC1. The van der Waals surface area contributed by atoms with Gasteiger partial charge in [0.2, 0.25) is 5.91 Å². The number of anilines is 1. The van der Waals surface area contributed by atoms with Crippen LogP contribution in [0.25, 0.3) is 0 Å². The third-order valence-corrected chi connectivity index (χ3v) is 4.05. The number of nitrogens with one attached hydrogen (secondary N) is 2. The average Bonchev–Trinajstić information content (AvgIpc) is 2.49. The van der Waals surface area contributed by atoms with Crippen molar-refractivity contribution in [1.29, 1.82) is 0 Å². The Morgan fingerprint density at radius 3 is 2.81 bits per heavy atom. The van der Waals surface area contributed by atoms with Crippen molar-refractivity contribution < 1.29 is 14.3 Å². The van der Waals surface area contributed by atoms with Crippen LogP contribution in [0.2, 0.25) is 0 Å². The second-order valence-corrected chi connectivity index (χ2v) is 5.70. The van der Waals surface area contributed by atoms with Crippen LogP contribution in [-0.4, -0.2) is 24.0 Å². The van der Waals surface area contributed by atoms with Crippen molar-refractivity contribution >= 4 is 17.5 Å². The van der Waals surface area contributed by atoms with Crippen LogP contribution >= 0.6 is 0 Å². The first-order valence-corrected chi connectivity index (χ1v) is 7.58. The van der Waals surface area contributed by atoms with Crippen LogP contribution in [0.3, 0.4) is 0 Å². The number of benzene rings is 1. The summed E-state index contributed by atoms with van der Waals surface area (Å²) >= 11 is 0. The predicted octanol–water partition coefficient (Wildman–Crippen LogP) is 2.23. The van der Waals surface area contributed by atoms with Crippen molar-refractivity contribution in [1.82, 2.24) is 5.32 Å². The lowest BCUT2D eigenvalue weighted by molar-refractivity contribution is -0.131. The first-order chi connectivity index (χ1) is 10.2. The number of rotatable bonds is 3. The van der Waals surface area contributed by atoms with Crippen molar-refractivity contribution in [2.45, 2.75) is 50.7 Å². The Bertz CT molecular complexity index is 538. The zero-order valence-corrected chi connectivity index (χ0v) is 11.9. The molecule has 5 nitrogen and oxygen atoms in total. The van der Waals surface area contributed by atoms with E-state index in [0.29, 0.717) is 11.4 Å². The van der Waals surface area contributed by atoms with Gasteiger partial charge >= 0.3 is 0 Å². The van der Waals surface area contributed by atoms with Crippen LogP contribution in [0.15, 0.2) is 24.3 Å². The molecule has 2 N–H and O–H groups in total. The quantitative estimate of drug-likeness (QED) is 0.896. The Balaban J connectivity index is 1.57. The zero-order valence-electron chi connectivity index (χ0n) is 11.9. The Labute approximate surface area is 124 Å².